The van der Waals surface area contributed by atoms with Gasteiger partial charge in [-0.25, -0.2) is 0 Å². The largest absolute Gasteiger partial charge is 0.321 e. The lowest BCUT2D eigenvalue weighted by Gasteiger charge is -2.10. The third-order valence-corrected chi connectivity index (χ3v) is 3.53. The van der Waals surface area contributed by atoms with Crippen LogP contribution in [-0.4, -0.2) is 9.97 Å². The Kier molecular flexibility index (Phi) is 1.64. The molecule has 2 heterocycles. The van der Waals surface area contributed by atoms with Crippen LogP contribution in [0.4, 0.5) is 0 Å². The van der Waals surface area contributed by atoms with Crippen molar-refractivity contribution >= 4 is 32.6 Å². The lowest BCUT2D eigenvalue weighted by atomic mass is 9.99. The number of aromatic amines is 1. The SMILES string of the molecule is Cc1nc2cccc3[nH]c(=O)c4cccc1c4c23. The second-order valence-corrected chi connectivity index (χ2v) is 4.58. The van der Waals surface area contributed by atoms with Gasteiger partial charge in [0.1, 0.15) is 0 Å². The van der Waals surface area contributed by atoms with E-state index in [9.17, 15) is 4.79 Å². The van der Waals surface area contributed by atoms with Gasteiger partial charge >= 0.3 is 0 Å². The molecule has 3 heteroatoms. The Bertz CT molecular complexity index is 953. The van der Waals surface area contributed by atoms with E-state index in [0.29, 0.717) is 0 Å². The van der Waals surface area contributed by atoms with E-state index in [1.165, 1.54) is 0 Å². The van der Waals surface area contributed by atoms with Crippen molar-refractivity contribution in [3.8, 4) is 0 Å². The van der Waals surface area contributed by atoms with Crippen LogP contribution in [0.2, 0.25) is 0 Å². The Labute approximate surface area is 102 Å². The average molecular weight is 234 g/mol. The highest BCUT2D eigenvalue weighted by Crippen LogP contribution is 2.31. The van der Waals surface area contributed by atoms with Crippen molar-refractivity contribution < 1.29 is 0 Å². The Morgan fingerprint density at radius 1 is 1.00 bits per heavy atom. The fraction of sp³-hybridized carbons (Fsp3) is 0.0667. The fourth-order valence-corrected chi connectivity index (χ4v) is 2.74. The van der Waals surface area contributed by atoms with Crippen LogP contribution in [0, 0.1) is 6.92 Å². The van der Waals surface area contributed by atoms with Crippen LogP contribution in [0.25, 0.3) is 32.6 Å². The van der Waals surface area contributed by atoms with Crippen LogP contribution in [0.15, 0.2) is 41.2 Å². The van der Waals surface area contributed by atoms with E-state index in [4.69, 9.17) is 0 Å². The van der Waals surface area contributed by atoms with Crippen molar-refractivity contribution in [3.63, 3.8) is 0 Å². The number of rotatable bonds is 0. The zero-order chi connectivity index (χ0) is 12.3. The minimum atomic E-state index is -0.0359. The summed E-state index contributed by atoms with van der Waals surface area (Å²) in [6, 6.07) is 11.6. The first kappa shape index (κ1) is 9.59. The molecule has 86 valence electrons. The van der Waals surface area contributed by atoms with Crippen molar-refractivity contribution in [2.24, 2.45) is 0 Å². The van der Waals surface area contributed by atoms with Crippen molar-refractivity contribution in [1.29, 1.82) is 0 Å². The molecule has 2 aromatic carbocycles. The lowest BCUT2D eigenvalue weighted by Crippen LogP contribution is -2.07. The van der Waals surface area contributed by atoms with E-state index in [0.717, 1.165) is 38.3 Å². The molecule has 2 aromatic heterocycles. The standard InChI is InChI=1S/C15H10N2O/c1-8-9-4-2-5-10-13(9)14-11(16-8)6-3-7-12(14)17-15(10)18/h2-7H,1H3,(H,17,18). The highest BCUT2D eigenvalue weighted by molar-refractivity contribution is 6.20. The van der Waals surface area contributed by atoms with Gasteiger partial charge in [0.2, 0.25) is 0 Å². The van der Waals surface area contributed by atoms with Gasteiger partial charge in [-0.05, 0) is 25.1 Å². The predicted molar refractivity (Wildman–Crippen MR) is 73.3 cm³/mol. The summed E-state index contributed by atoms with van der Waals surface area (Å²) in [5.74, 6) is 0. The van der Waals surface area contributed by atoms with Crippen LogP contribution < -0.4 is 5.56 Å². The maximum Gasteiger partial charge on any atom is 0.256 e. The van der Waals surface area contributed by atoms with E-state index in [2.05, 4.69) is 9.97 Å². The van der Waals surface area contributed by atoms with E-state index in [-0.39, 0.29) is 5.56 Å². The smallest absolute Gasteiger partial charge is 0.256 e. The summed E-state index contributed by atoms with van der Waals surface area (Å²) in [5.41, 5.74) is 2.72. The topological polar surface area (TPSA) is 45.8 Å². The second kappa shape index (κ2) is 3.07. The van der Waals surface area contributed by atoms with Gasteiger partial charge in [-0.1, -0.05) is 18.2 Å². The summed E-state index contributed by atoms with van der Waals surface area (Å²) in [7, 11) is 0. The number of nitrogens with one attached hydrogen (secondary N) is 1. The van der Waals surface area contributed by atoms with Gasteiger partial charge in [0.15, 0.2) is 0 Å². The summed E-state index contributed by atoms with van der Waals surface area (Å²) in [4.78, 5) is 19.6. The van der Waals surface area contributed by atoms with Crippen LogP contribution in [0.3, 0.4) is 0 Å². The minimum Gasteiger partial charge on any atom is -0.321 e. The van der Waals surface area contributed by atoms with Crippen molar-refractivity contribution in [1.82, 2.24) is 9.97 Å². The first-order valence-corrected chi connectivity index (χ1v) is 5.89. The number of hydrogen-bond acceptors (Lipinski definition) is 2. The second-order valence-electron chi connectivity index (χ2n) is 4.58. The van der Waals surface area contributed by atoms with Crippen molar-refractivity contribution in [3.05, 3.63) is 52.4 Å². The van der Waals surface area contributed by atoms with Crippen LogP contribution in [-0.2, 0) is 0 Å². The molecule has 0 aliphatic heterocycles. The molecular weight excluding hydrogens is 224 g/mol. The van der Waals surface area contributed by atoms with Gasteiger partial charge < -0.3 is 4.98 Å². The quantitative estimate of drug-likeness (QED) is 0.475. The normalized spacial score (nSPS) is 11.8. The summed E-state index contributed by atoms with van der Waals surface area (Å²) in [5, 5.41) is 3.87. The molecule has 0 atom stereocenters. The number of aryl methyl sites for hydroxylation is 1. The molecular formula is C15H10N2O. The Morgan fingerprint density at radius 3 is 2.67 bits per heavy atom. The monoisotopic (exact) mass is 234 g/mol. The van der Waals surface area contributed by atoms with Gasteiger partial charge in [-0.3, -0.25) is 9.78 Å². The number of H-pyrrole nitrogens is 1. The maximum absolute atomic E-state index is 12.1. The highest BCUT2D eigenvalue weighted by Gasteiger charge is 2.12. The zero-order valence-corrected chi connectivity index (χ0v) is 9.82. The summed E-state index contributed by atoms with van der Waals surface area (Å²) in [6.07, 6.45) is 0. The summed E-state index contributed by atoms with van der Waals surface area (Å²) in [6.45, 7) is 1.98. The molecule has 0 spiro atoms. The molecule has 4 rings (SSSR count). The molecule has 0 radical (unpaired) electrons. The average Bonchev–Trinajstić information content (AvgIpc) is 2.38. The number of nitrogens with zero attached hydrogens (tertiary/aromatic N) is 1. The number of hydrogen-bond donors (Lipinski definition) is 1. The van der Waals surface area contributed by atoms with Gasteiger partial charge in [-0.15, -0.1) is 0 Å². The molecule has 18 heavy (non-hydrogen) atoms. The minimum absolute atomic E-state index is 0.0359. The van der Waals surface area contributed by atoms with E-state index in [1.54, 1.807) is 0 Å². The molecule has 0 fully saturated rings. The lowest BCUT2D eigenvalue weighted by molar-refractivity contribution is 1.28. The molecule has 3 nitrogen and oxygen atoms in total. The molecule has 0 bridgehead atoms. The third kappa shape index (κ3) is 1.03. The first-order valence-electron chi connectivity index (χ1n) is 5.89. The van der Waals surface area contributed by atoms with Gasteiger partial charge in [0, 0.05) is 27.2 Å². The van der Waals surface area contributed by atoms with Crippen molar-refractivity contribution in [2.45, 2.75) is 6.92 Å². The molecule has 0 aliphatic rings. The first-order chi connectivity index (χ1) is 8.75. The Hall–Kier alpha value is -2.42. The Balaban J connectivity index is 2.55. The fourth-order valence-electron chi connectivity index (χ4n) is 2.74. The zero-order valence-electron chi connectivity index (χ0n) is 9.82. The van der Waals surface area contributed by atoms with Gasteiger partial charge in [0.25, 0.3) is 5.56 Å². The predicted octanol–water partition coefficient (Wildman–Crippen LogP) is 2.98. The molecule has 0 saturated heterocycles. The van der Waals surface area contributed by atoms with Crippen molar-refractivity contribution in [2.75, 3.05) is 0 Å². The molecule has 4 aromatic rings. The molecule has 0 unspecified atom stereocenters. The molecule has 1 N–H and O–H groups in total. The van der Waals surface area contributed by atoms with Crippen LogP contribution in [0.1, 0.15) is 5.69 Å². The number of pyridine rings is 2. The van der Waals surface area contributed by atoms with Gasteiger partial charge in [-0.2, -0.15) is 0 Å². The summed E-state index contributed by atoms with van der Waals surface area (Å²) >= 11 is 0. The van der Waals surface area contributed by atoms with Crippen LogP contribution >= 0.6 is 0 Å². The van der Waals surface area contributed by atoms with E-state index < -0.39 is 0 Å². The van der Waals surface area contributed by atoms with E-state index in [1.807, 2.05) is 43.3 Å². The molecule has 0 saturated carbocycles. The van der Waals surface area contributed by atoms with Crippen LogP contribution in [0.5, 0.6) is 0 Å². The summed E-state index contributed by atoms with van der Waals surface area (Å²) < 4.78 is 0. The highest BCUT2D eigenvalue weighted by atomic mass is 16.1. The van der Waals surface area contributed by atoms with Gasteiger partial charge in [0.05, 0.1) is 11.0 Å². The van der Waals surface area contributed by atoms with E-state index >= 15 is 0 Å². The number of benzene rings is 2. The maximum atomic E-state index is 12.1. The Morgan fingerprint density at radius 2 is 1.78 bits per heavy atom. The number of aromatic nitrogens is 2. The molecule has 0 aliphatic carbocycles. The third-order valence-electron chi connectivity index (χ3n) is 3.53. The molecule has 0 amide bonds.